The molecule has 0 radical (unpaired) electrons. The fourth-order valence-electron chi connectivity index (χ4n) is 1.07. The molecule has 0 bridgehead atoms. The minimum absolute atomic E-state index is 0.0379. The van der Waals surface area contributed by atoms with Gasteiger partial charge in [0.25, 0.3) is 5.69 Å². The van der Waals surface area contributed by atoms with Crippen LogP contribution in [0.3, 0.4) is 0 Å². The van der Waals surface area contributed by atoms with Crippen LogP contribution in [0, 0.1) is 10.1 Å². The molecule has 6 heteroatoms. The number of benzene rings is 1. The topological polar surface area (TPSA) is 72.2 Å². The molecule has 5 nitrogen and oxygen atoms in total. The number of halogens is 1. The molecule has 1 amide bonds. The Bertz CT molecular complexity index is 457. The molecule has 0 fully saturated rings. The number of anilines is 1. The molecule has 0 spiro atoms. The SMILES string of the molecule is C/C=C/C(=O)Nc1ccc([N+](=O)[O-])c(Br)c1. The quantitative estimate of drug-likeness (QED) is 0.527. The second-order valence-corrected chi connectivity index (χ2v) is 3.77. The van der Waals surface area contributed by atoms with Crippen molar-refractivity contribution < 1.29 is 9.72 Å². The van der Waals surface area contributed by atoms with Gasteiger partial charge < -0.3 is 5.32 Å². The molecule has 0 aliphatic rings. The van der Waals surface area contributed by atoms with Crippen LogP contribution in [0.4, 0.5) is 11.4 Å². The summed E-state index contributed by atoms with van der Waals surface area (Å²) >= 11 is 3.07. The van der Waals surface area contributed by atoms with Crippen molar-refractivity contribution in [2.45, 2.75) is 6.92 Å². The predicted octanol–water partition coefficient (Wildman–Crippen LogP) is 2.87. The van der Waals surface area contributed by atoms with Gasteiger partial charge in [0.05, 0.1) is 9.40 Å². The molecule has 0 atom stereocenters. The van der Waals surface area contributed by atoms with Crippen LogP contribution < -0.4 is 5.32 Å². The Morgan fingerprint density at radius 2 is 2.25 bits per heavy atom. The van der Waals surface area contributed by atoms with Crippen molar-refractivity contribution in [1.82, 2.24) is 0 Å². The molecule has 1 aromatic carbocycles. The van der Waals surface area contributed by atoms with Crippen molar-refractivity contribution >= 4 is 33.2 Å². The van der Waals surface area contributed by atoms with Crippen LogP contribution in [0.5, 0.6) is 0 Å². The Balaban J connectivity index is 2.89. The Labute approximate surface area is 100 Å². The number of nitro benzene ring substituents is 1. The summed E-state index contributed by atoms with van der Waals surface area (Å²) in [4.78, 5) is 21.2. The van der Waals surface area contributed by atoms with E-state index in [0.29, 0.717) is 10.2 Å². The number of amides is 1. The molecule has 1 rings (SSSR count). The molecule has 0 aromatic heterocycles. The van der Waals surface area contributed by atoms with Gasteiger partial charge in [0.2, 0.25) is 5.91 Å². The number of nitrogens with one attached hydrogen (secondary N) is 1. The smallest absolute Gasteiger partial charge is 0.283 e. The second-order valence-electron chi connectivity index (χ2n) is 2.91. The Morgan fingerprint density at radius 1 is 1.56 bits per heavy atom. The number of hydrogen-bond donors (Lipinski definition) is 1. The number of hydrogen-bond acceptors (Lipinski definition) is 3. The van der Waals surface area contributed by atoms with Crippen molar-refractivity contribution in [3.05, 3.63) is 44.9 Å². The number of nitro groups is 1. The highest BCUT2D eigenvalue weighted by Gasteiger charge is 2.11. The lowest BCUT2D eigenvalue weighted by atomic mass is 10.3. The summed E-state index contributed by atoms with van der Waals surface area (Å²) < 4.78 is 0.329. The zero-order valence-corrected chi connectivity index (χ0v) is 10.0. The molecule has 1 aromatic rings. The van der Waals surface area contributed by atoms with Crippen LogP contribution in [0.25, 0.3) is 0 Å². The minimum Gasteiger partial charge on any atom is -0.322 e. The zero-order chi connectivity index (χ0) is 12.1. The van der Waals surface area contributed by atoms with E-state index in [0.717, 1.165) is 0 Å². The first-order valence-corrected chi connectivity index (χ1v) is 5.21. The molecule has 0 heterocycles. The van der Waals surface area contributed by atoms with Crippen molar-refractivity contribution in [3.8, 4) is 0 Å². The monoisotopic (exact) mass is 284 g/mol. The van der Waals surface area contributed by atoms with Crippen molar-refractivity contribution in [3.63, 3.8) is 0 Å². The summed E-state index contributed by atoms with van der Waals surface area (Å²) in [7, 11) is 0. The maximum Gasteiger partial charge on any atom is 0.283 e. The lowest BCUT2D eigenvalue weighted by Gasteiger charge is -2.02. The summed E-state index contributed by atoms with van der Waals surface area (Å²) in [5.74, 6) is -0.275. The molecular weight excluding hydrogens is 276 g/mol. The van der Waals surface area contributed by atoms with Crippen LogP contribution in [0.1, 0.15) is 6.92 Å². The fraction of sp³-hybridized carbons (Fsp3) is 0.100. The summed E-state index contributed by atoms with van der Waals surface area (Å²) in [6.07, 6.45) is 2.98. The summed E-state index contributed by atoms with van der Waals surface area (Å²) in [6, 6.07) is 4.29. The normalized spacial score (nSPS) is 10.4. The maximum atomic E-state index is 11.2. The fourth-order valence-corrected chi connectivity index (χ4v) is 1.59. The number of carbonyl (C=O) groups excluding carboxylic acids is 1. The van der Waals surface area contributed by atoms with Gasteiger partial charge in [-0.2, -0.15) is 0 Å². The molecule has 16 heavy (non-hydrogen) atoms. The molecule has 1 N–H and O–H groups in total. The molecular formula is C10H9BrN2O3. The highest BCUT2D eigenvalue weighted by molar-refractivity contribution is 9.10. The van der Waals surface area contributed by atoms with E-state index < -0.39 is 4.92 Å². The number of allylic oxidation sites excluding steroid dienone is 1. The Hall–Kier alpha value is -1.69. The highest BCUT2D eigenvalue weighted by atomic mass is 79.9. The van der Waals surface area contributed by atoms with E-state index in [1.165, 1.54) is 24.3 Å². The van der Waals surface area contributed by atoms with Crippen LogP contribution in [-0.4, -0.2) is 10.8 Å². The van der Waals surface area contributed by atoms with Gasteiger partial charge in [0.1, 0.15) is 0 Å². The third-order valence-electron chi connectivity index (χ3n) is 1.73. The predicted molar refractivity (Wildman–Crippen MR) is 64.2 cm³/mol. The molecule has 0 saturated heterocycles. The zero-order valence-electron chi connectivity index (χ0n) is 8.44. The van der Waals surface area contributed by atoms with E-state index >= 15 is 0 Å². The minimum atomic E-state index is -0.498. The Kier molecular flexibility index (Phi) is 4.19. The van der Waals surface area contributed by atoms with Gasteiger partial charge in [0, 0.05) is 11.8 Å². The standard InChI is InChI=1S/C10H9BrN2O3/c1-2-3-10(14)12-7-4-5-9(13(15)16)8(11)6-7/h2-6H,1H3,(H,12,14)/b3-2+. The van der Waals surface area contributed by atoms with Crippen LogP contribution in [0.15, 0.2) is 34.8 Å². The summed E-state index contributed by atoms with van der Waals surface area (Å²) in [5.41, 5.74) is 0.463. The molecule has 84 valence electrons. The maximum absolute atomic E-state index is 11.2. The van der Waals surface area contributed by atoms with Crippen molar-refractivity contribution in [1.29, 1.82) is 0 Å². The molecule has 0 aliphatic heterocycles. The van der Waals surface area contributed by atoms with Gasteiger partial charge in [-0.15, -0.1) is 0 Å². The lowest BCUT2D eigenvalue weighted by molar-refractivity contribution is -0.385. The van der Waals surface area contributed by atoms with Crippen LogP contribution >= 0.6 is 15.9 Å². The Morgan fingerprint density at radius 3 is 2.75 bits per heavy atom. The van der Waals surface area contributed by atoms with Crippen LogP contribution in [-0.2, 0) is 4.79 Å². The van der Waals surface area contributed by atoms with Crippen molar-refractivity contribution in [2.75, 3.05) is 5.32 Å². The van der Waals surface area contributed by atoms with Gasteiger partial charge in [-0.05, 0) is 41.1 Å². The first-order valence-electron chi connectivity index (χ1n) is 4.42. The highest BCUT2D eigenvalue weighted by Crippen LogP contribution is 2.27. The third kappa shape index (κ3) is 3.16. The first kappa shape index (κ1) is 12.4. The summed E-state index contributed by atoms with van der Waals surface area (Å²) in [5, 5.41) is 13.1. The number of carbonyl (C=O) groups is 1. The van der Waals surface area contributed by atoms with Crippen molar-refractivity contribution in [2.24, 2.45) is 0 Å². The van der Waals surface area contributed by atoms with Gasteiger partial charge in [-0.1, -0.05) is 6.08 Å². The van der Waals surface area contributed by atoms with E-state index in [1.807, 2.05) is 0 Å². The molecule has 0 unspecified atom stereocenters. The molecule has 0 saturated carbocycles. The van der Waals surface area contributed by atoms with Gasteiger partial charge >= 0.3 is 0 Å². The second kappa shape index (κ2) is 5.41. The van der Waals surface area contributed by atoms with Gasteiger partial charge in [0.15, 0.2) is 0 Å². The number of rotatable bonds is 3. The number of nitrogens with zero attached hydrogens (tertiary/aromatic N) is 1. The average molecular weight is 285 g/mol. The van der Waals surface area contributed by atoms with E-state index in [2.05, 4.69) is 21.2 Å². The first-order chi connectivity index (χ1) is 7.54. The van der Waals surface area contributed by atoms with Gasteiger partial charge in [-0.3, -0.25) is 14.9 Å². The van der Waals surface area contributed by atoms with E-state index in [9.17, 15) is 14.9 Å². The summed E-state index contributed by atoms with van der Waals surface area (Å²) in [6.45, 7) is 1.73. The van der Waals surface area contributed by atoms with E-state index in [1.54, 1.807) is 13.0 Å². The average Bonchev–Trinajstić information content (AvgIpc) is 2.17. The van der Waals surface area contributed by atoms with Crippen LogP contribution in [0.2, 0.25) is 0 Å². The largest absolute Gasteiger partial charge is 0.322 e. The lowest BCUT2D eigenvalue weighted by Crippen LogP contribution is -2.07. The van der Waals surface area contributed by atoms with Gasteiger partial charge in [-0.25, -0.2) is 0 Å². The third-order valence-corrected chi connectivity index (χ3v) is 2.37. The van der Waals surface area contributed by atoms with E-state index in [-0.39, 0.29) is 11.6 Å². The van der Waals surface area contributed by atoms with E-state index in [4.69, 9.17) is 0 Å². The molecule has 0 aliphatic carbocycles.